The van der Waals surface area contributed by atoms with E-state index in [0.717, 1.165) is 93.9 Å². The number of rotatable bonds is 9. The number of aromatic nitrogens is 3. The van der Waals surface area contributed by atoms with E-state index in [2.05, 4.69) is 38.0 Å². The molecule has 3 aliphatic rings. The molecule has 11 heteroatoms. The lowest BCUT2D eigenvalue weighted by molar-refractivity contribution is -0.139. The quantitative estimate of drug-likeness (QED) is 0.346. The lowest BCUT2D eigenvalue weighted by Gasteiger charge is -2.34. The number of piperidine rings is 1. The van der Waals surface area contributed by atoms with Gasteiger partial charge in [-0.2, -0.15) is 0 Å². The number of alkyl carbamates (subject to hydrolysis) is 1. The molecule has 1 saturated heterocycles. The fraction of sp³-hybridized carbons (Fsp3) is 0.633. The van der Waals surface area contributed by atoms with Gasteiger partial charge in [0.1, 0.15) is 29.3 Å². The van der Waals surface area contributed by atoms with Crippen LogP contribution in [0.25, 0.3) is 0 Å². The smallest absolute Gasteiger partial charge is 0.407 e. The number of nitrogens with one attached hydrogen (secondary N) is 3. The fourth-order valence-electron chi connectivity index (χ4n) is 6.18. The first kappa shape index (κ1) is 28.9. The van der Waals surface area contributed by atoms with Crippen LogP contribution in [0.1, 0.15) is 79.9 Å². The van der Waals surface area contributed by atoms with Crippen molar-refractivity contribution in [2.75, 3.05) is 48.3 Å². The van der Waals surface area contributed by atoms with Crippen LogP contribution in [0.4, 0.5) is 22.2 Å². The Hall–Kier alpha value is -3.63. The number of carboxylic acid groups (broad SMARTS) is 1. The van der Waals surface area contributed by atoms with Gasteiger partial charge in [-0.25, -0.2) is 24.5 Å². The summed E-state index contributed by atoms with van der Waals surface area (Å²) in [5, 5.41) is 18.8. The minimum atomic E-state index is -1.15. The van der Waals surface area contributed by atoms with Crippen LogP contribution in [0.15, 0.2) is 12.1 Å². The normalized spacial score (nSPS) is 18.6. The summed E-state index contributed by atoms with van der Waals surface area (Å²) < 4.78 is 5.34. The summed E-state index contributed by atoms with van der Waals surface area (Å²) in [6.07, 6.45) is 9.12. The number of pyridine rings is 1. The third kappa shape index (κ3) is 7.37. The Morgan fingerprint density at radius 1 is 1.07 bits per heavy atom. The maximum absolute atomic E-state index is 12.3. The van der Waals surface area contributed by atoms with Crippen molar-refractivity contribution in [1.29, 1.82) is 0 Å². The highest BCUT2D eigenvalue weighted by Crippen LogP contribution is 2.33. The molecule has 4 N–H and O–H groups in total. The molecule has 0 aromatic carbocycles. The van der Waals surface area contributed by atoms with Crippen LogP contribution >= 0.6 is 0 Å². The molecular weight excluding hydrogens is 522 g/mol. The van der Waals surface area contributed by atoms with Crippen molar-refractivity contribution in [2.45, 2.75) is 83.6 Å². The molecule has 41 heavy (non-hydrogen) atoms. The molecule has 0 spiro atoms. The predicted octanol–water partition coefficient (Wildman–Crippen LogP) is 4.40. The number of hydrogen-bond donors (Lipinski definition) is 4. The highest BCUT2D eigenvalue weighted by Gasteiger charge is 2.27. The summed E-state index contributed by atoms with van der Waals surface area (Å²) >= 11 is 0. The van der Waals surface area contributed by atoms with Crippen molar-refractivity contribution in [2.24, 2.45) is 5.92 Å². The van der Waals surface area contributed by atoms with Crippen molar-refractivity contribution in [1.82, 2.24) is 20.3 Å². The molecule has 1 amide bonds. The number of fused-ring (bicyclic) bond motifs is 1. The molecular formula is C30H43N7O4. The highest BCUT2D eigenvalue weighted by molar-refractivity contribution is 5.80. The Morgan fingerprint density at radius 2 is 1.85 bits per heavy atom. The van der Waals surface area contributed by atoms with Crippen LogP contribution in [-0.2, 0) is 16.0 Å². The largest absolute Gasteiger partial charge is 0.480 e. The van der Waals surface area contributed by atoms with Crippen LogP contribution in [0.3, 0.4) is 0 Å². The summed E-state index contributed by atoms with van der Waals surface area (Å²) in [6, 6.07) is 3.26. The number of carboxylic acids is 1. The Bertz CT molecular complexity index is 1230. The van der Waals surface area contributed by atoms with Gasteiger partial charge in [-0.15, -0.1) is 0 Å². The van der Waals surface area contributed by atoms with Gasteiger partial charge in [-0.05, 0) is 69.9 Å². The van der Waals surface area contributed by atoms with Crippen molar-refractivity contribution < 1.29 is 19.4 Å². The standard InChI is InChI=1S/C30H43N7O4/c1-19-26(32-17-25(29(38)39)36-30(40)41-18-21-7-4-3-5-8-21)33-20(2)34-28(19)37-15-12-22(13-16-37)24-11-10-23-9-6-14-31-27(23)35-24/h10-11,21-22,25H,3-9,12-18H2,1-2H3,(H,31,35)(H,36,40)(H,38,39)(H,32,33,34). The minimum absolute atomic E-state index is 0.0231. The van der Waals surface area contributed by atoms with E-state index in [-0.39, 0.29) is 6.54 Å². The lowest BCUT2D eigenvalue weighted by atomic mass is 9.90. The summed E-state index contributed by atoms with van der Waals surface area (Å²) in [5.41, 5.74) is 3.32. The summed E-state index contributed by atoms with van der Waals surface area (Å²) in [4.78, 5) is 40.7. The van der Waals surface area contributed by atoms with Crippen LogP contribution in [0, 0.1) is 19.8 Å². The third-order valence-electron chi connectivity index (χ3n) is 8.60. The van der Waals surface area contributed by atoms with E-state index in [0.29, 0.717) is 30.1 Å². The van der Waals surface area contributed by atoms with E-state index in [1.54, 1.807) is 0 Å². The van der Waals surface area contributed by atoms with E-state index >= 15 is 0 Å². The van der Waals surface area contributed by atoms with E-state index in [1.165, 1.54) is 12.0 Å². The zero-order valence-corrected chi connectivity index (χ0v) is 24.2. The number of amides is 1. The Morgan fingerprint density at radius 3 is 2.61 bits per heavy atom. The van der Waals surface area contributed by atoms with E-state index in [4.69, 9.17) is 14.7 Å². The second kappa shape index (κ2) is 13.4. The summed E-state index contributed by atoms with van der Waals surface area (Å²) in [7, 11) is 0. The zero-order valence-electron chi connectivity index (χ0n) is 24.2. The number of anilines is 3. The first-order valence-corrected chi connectivity index (χ1v) is 15.1. The molecule has 2 aliphatic heterocycles. The number of carbonyl (C=O) groups is 2. The van der Waals surface area contributed by atoms with E-state index in [1.807, 2.05) is 13.8 Å². The Kier molecular flexibility index (Phi) is 9.41. The topological polar surface area (TPSA) is 142 Å². The van der Waals surface area contributed by atoms with Crippen LogP contribution < -0.4 is 20.9 Å². The SMILES string of the molecule is Cc1nc(NCC(NC(=O)OCC2CCCCC2)C(=O)O)c(C)c(N2CCC(c3ccc4c(n3)NCCC4)CC2)n1. The van der Waals surface area contributed by atoms with Gasteiger partial charge >= 0.3 is 12.1 Å². The number of aryl methyl sites for hydroxylation is 2. The monoisotopic (exact) mass is 565 g/mol. The van der Waals surface area contributed by atoms with Crippen LogP contribution in [0.5, 0.6) is 0 Å². The van der Waals surface area contributed by atoms with Crippen molar-refractivity contribution >= 4 is 29.5 Å². The minimum Gasteiger partial charge on any atom is -0.480 e. The second-order valence-electron chi connectivity index (χ2n) is 11.6. The molecule has 2 fully saturated rings. The van der Waals surface area contributed by atoms with Gasteiger partial charge in [0.25, 0.3) is 0 Å². The molecule has 222 valence electrons. The fourth-order valence-corrected chi connectivity index (χ4v) is 6.18. The maximum atomic E-state index is 12.3. The molecule has 1 unspecified atom stereocenters. The highest BCUT2D eigenvalue weighted by atomic mass is 16.5. The van der Waals surface area contributed by atoms with Gasteiger partial charge in [-0.3, -0.25) is 0 Å². The summed E-state index contributed by atoms with van der Waals surface area (Å²) in [6.45, 7) is 6.76. The number of carbonyl (C=O) groups excluding carboxylic acids is 1. The Labute approximate surface area is 241 Å². The second-order valence-corrected chi connectivity index (χ2v) is 11.6. The first-order valence-electron chi connectivity index (χ1n) is 15.1. The maximum Gasteiger partial charge on any atom is 0.407 e. The molecule has 0 radical (unpaired) electrons. The van der Waals surface area contributed by atoms with Crippen LogP contribution in [0.2, 0.25) is 0 Å². The van der Waals surface area contributed by atoms with E-state index in [9.17, 15) is 14.7 Å². The average molecular weight is 566 g/mol. The predicted molar refractivity (Wildman–Crippen MR) is 158 cm³/mol. The van der Waals surface area contributed by atoms with Gasteiger partial charge in [0.2, 0.25) is 0 Å². The van der Waals surface area contributed by atoms with Crippen molar-refractivity contribution in [3.63, 3.8) is 0 Å². The number of aliphatic carboxylic acids is 1. The van der Waals surface area contributed by atoms with Gasteiger partial charge in [0.15, 0.2) is 0 Å². The number of hydrogen-bond acceptors (Lipinski definition) is 9. The molecule has 1 aliphatic carbocycles. The van der Waals surface area contributed by atoms with Gasteiger partial charge in [0, 0.05) is 43.4 Å². The van der Waals surface area contributed by atoms with E-state index < -0.39 is 18.1 Å². The van der Waals surface area contributed by atoms with Gasteiger partial charge in [-0.1, -0.05) is 25.3 Å². The number of ether oxygens (including phenoxy) is 1. The lowest BCUT2D eigenvalue weighted by Crippen LogP contribution is -2.46. The summed E-state index contributed by atoms with van der Waals surface area (Å²) in [5.74, 6) is 2.69. The molecule has 2 aromatic heterocycles. The molecule has 4 heterocycles. The first-order chi connectivity index (χ1) is 19.9. The third-order valence-corrected chi connectivity index (χ3v) is 8.60. The Balaban J connectivity index is 1.17. The van der Waals surface area contributed by atoms with Crippen LogP contribution in [-0.4, -0.2) is 70.9 Å². The molecule has 2 aromatic rings. The average Bonchev–Trinajstić information content (AvgIpc) is 2.99. The molecule has 5 rings (SSSR count). The van der Waals surface area contributed by atoms with Crippen molar-refractivity contribution in [3.05, 3.63) is 34.8 Å². The zero-order chi connectivity index (χ0) is 28.8. The molecule has 11 nitrogen and oxygen atoms in total. The van der Waals surface area contributed by atoms with Crippen molar-refractivity contribution in [3.8, 4) is 0 Å². The van der Waals surface area contributed by atoms with Gasteiger partial charge < -0.3 is 30.7 Å². The number of nitrogens with zero attached hydrogens (tertiary/aromatic N) is 4. The molecule has 1 saturated carbocycles. The molecule has 0 bridgehead atoms. The molecule has 1 atom stereocenters. The van der Waals surface area contributed by atoms with Gasteiger partial charge in [0.05, 0.1) is 6.61 Å².